The van der Waals surface area contributed by atoms with Gasteiger partial charge in [-0.25, -0.2) is 4.39 Å². The fourth-order valence-corrected chi connectivity index (χ4v) is 2.86. The molecule has 0 fully saturated rings. The molecular formula is C16H12BrFN2S. The molecule has 0 bridgehead atoms. The fraction of sp³-hybridized carbons (Fsp3) is 0.0625. The number of nitrogens with zero attached hydrogens (tertiary/aromatic N) is 1. The van der Waals surface area contributed by atoms with Gasteiger partial charge in [-0.05, 0) is 51.1 Å². The lowest BCUT2D eigenvalue weighted by Gasteiger charge is -2.08. The summed E-state index contributed by atoms with van der Waals surface area (Å²) in [6.07, 6.45) is 2.01. The molecule has 0 aliphatic carbocycles. The van der Waals surface area contributed by atoms with Gasteiger partial charge in [0.15, 0.2) is 0 Å². The smallest absolute Gasteiger partial charge is 0.137 e. The van der Waals surface area contributed by atoms with E-state index in [1.54, 1.807) is 12.1 Å². The zero-order valence-electron chi connectivity index (χ0n) is 11.0. The summed E-state index contributed by atoms with van der Waals surface area (Å²) < 4.78 is 15.9. The molecule has 0 spiro atoms. The minimum absolute atomic E-state index is 0.258. The van der Waals surface area contributed by atoms with E-state index in [4.69, 9.17) is 18.0 Å². The maximum atomic E-state index is 13.3. The summed E-state index contributed by atoms with van der Waals surface area (Å²) >= 11 is 8.24. The number of hydrogen-bond acceptors (Lipinski definition) is 1. The predicted molar refractivity (Wildman–Crippen MR) is 91.0 cm³/mol. The van der Waals surface area contributed by atoms with E-state index in [0.29, 0.717) is 16.0 Å². The highest BCUT2D eigenvalue weighted by Gasteiger charge is 2.06. The van der Waals surface area contributed by atoms with Crippen LogP contribution in [0.4, 0.5) is 4.39 Å². The minimum Gasteiger partial charge on any atom is -0.389 e. The van der Waals surface area contributed by atoms with Crippen LogP contribution in [-0.4, -0.2) is 9.56 Å². The second-order valence-corrected chi connectivity index (χ2v) is 6.12. The topological polar surface area (TPSA) is 30.9 Å². The molecule has 5 heteroatoms. The summed E-state index contributed by atoms with van der Waals surface area (Å²) in [4.78, 5) is 0.383. The molecule has 1 heterocycles. The van der Waals surface area contributed by atoms with Gasteiger partial charge in [-0.3, -0.25) is 0 Å². The van der Waals surface area contributed by atoms with E-state index in [0.717, 1.165) is 22.0 Å². The van der Waals surface area contributed by atoms with E-state index < -0.39 is 0 Å². The molecule has 0 atom stereocenters. The Morgan fingerprint density at radius 2 is 2.00 bits per heavy atom. The number of fused-ring (bicyclic) bond motifs is 1. The van der Waals surface area contributed by atoms with Crippen LogP contribution in [0.2, 0.25) is 0 Å². The Bertz CT molecular complexity index is 841. The summed E-state index contributed by atoms with van der Waals surface area (Å²) in [5, 5.41) is 1.12. The van der Waals surface area contributed by atoms with Gasteiger partial charge in [-0.1, -0.05) is 30.4 Å². The van der Waals surface area contributed by atoms with Crippen molar-refractivity contribution in [3.63, 3.8) is 0 Å². The van der Waals surface area contributed by atoms with Gasteiger partial charge in [0.2, 0.25) is 0 Å². The van der Waals surface area contributed by atoms with Crippen LogP contribution < -0.4 is 5.73 Å². The second kappa shape index (κ2) is 5.58. The number of halogens is 2. The first kappa shape index (κ1) is 14.2. The van der Waals surface area contributed by atoms with Crippen molar-refractivity contribution in [1.82, 2.24) is 4.57 Å². The van der Waals surface area contributed by atoms with Crippen molar-refractivity contribution in [2.75, 3.05) is 0 Å². The summed E-state index contributed by atoms with van der Waals surface area (Å²) in [5.41, 5.74) is 8.60. The van der Waals surface area contributed by atoms with Crippen molar-refractivity contribution < 1.29 is 4.39 Å². The Hall–Kier alpha value is -1.72. The van der Waals surface area contributed by atoms with Crippen molar-refractivity contribution >= 4 is 44.0 Å². The zero-order chi connectivity index (χ0) is 15.0. The largest absolute Gasteiger partial charge is 0.389 e. The summed E-state index contributed by atoms with van der Waals surface area (Å²) in [6, 6.07) is 13.0. The maximum Gasteiger partial charge on any atom is 0.137 e. The molecule has 0 unspecified atom stereocenters. The molecule has 0 radical (unpaired) electrons. The molecule has 2 nitrogen and oxygen atoms in total. The van der Waals surface area contributed by atoms with Crippen LogP contribution in [0.5, 0.6) is 0 Å². The van der Waals surface area contributed by atoms with Crippen molar-refractivity contribution in [3.05, 3.63) is 70.1 Å². The van der Waals surface area contributed by atoms with E-state index in [9.17, 15) is 4.39 Å². The number of rotatable bonds is 3. The lowest BCUT2D eigenvalue weighted by atomic mass is 10.1. The molecule has 0 aliphatic heterocycles. The molecule has 0 aliphatic rings. The highest BCUT2D eigenvalue weighted by atomic mass is 79.9. The number of thiocarbonyl (C=S) groups is 1. The number of aromatic nitrogens is 1. The lowest BCUT2D eigenvalue weighted by Crippen LogP contribution is -2.09. The highest BCUT2D eigenvalue weighted by Crippen LogP contribution is 2.21. The first-order chi connectivity index (χ1) is 10.0. The van der Waals surface area contributed by atoms with Gasteiger partial charge in [0, 0.05) is 23.8 Å². The summed E-state index contributed by atoms with van der Waals surface area (Å²) in [5.74, 6) is -0.258. The van der Waals surface area contributed by atoms with Gasteiger partial charge < -0.3 is 10.3 Å². The molecular weight excluding hydrogens is 351 g/mol. The molecule has 1 aromatic heterocycles. The summed E-state index contributed by atoms with van der Waals surface area (Å²) in [6.45, 7) is 0.656. The van der Waals surface area contributed by atoms with Crippen LogP contribution in [0, 0.1) is 5.82 Å². The Labute approximate surface area is 135 Å². The number of nitrogens with two attached hydrogens (primary N) is 1. The highest BCUT2D eigenvalue weighted by molar-refractivity contribution is 9.10. The molecule has 0 amide bonds. The normalized spacial score (nSPS) is 11.0. The third-order valence-electron chi connectivity index (χ3n) is 3.40. The quantitative estimate of drug-likeness (QED) is 0.707. The van der Waals surface area contributed by atoms with E-state index >= 15 is 0 Å². The average molecular weight is 363 g/mol. The molecule has 106 valence electrons. The van der Waals surface area contributed by atoms with Gasteiger partial charge in [-0.2, -0.15) is 0 Å². The van der Waals surface area contributed by atoms with Gasteiger partial charge in [0.25, 0.3) is 0 Å². The molecule has 2 N–H and O–H groups in total. The van der Waals surface area contributed by atoms with Crippen molar-refractivity contribution in [1.29, 1.82) is 0 Å². The Morgan fingerprint density at radius 1 is 1.19 bits per heavy atom. The molecule has 0 saturated carbocycles. The Kier molecular flexibility index (Phi) is 3.78. The first-order valence-electron chi connectivity index (χ1n) is 6.37. The van der Waals surface area contributed by atoms with Crippen molar-refractivity contribution in [3.8, 4) is 0 Å². The Balaban J connectivity index is 2.01. The first-order valence-corrected chi connectivity index (χ1v) is 7.57. The number of benzene rings is 2. The predicted octanol–water partition coefficient (Wildman–Crippen LogP) is 4.23. The standard InChI is InChI=1S/C16H12BrFN2S/c17-13-7-10(1-4-14(13)18)9-20-6-5-11-2-3-12(16(19)21)8-15(11)20/h1-8H,9H2,(H2,19,21). The molecule has 21 heavy (non-hydrogen) atoms. The molecule has 0 saturated heterocycles. The van der Waals surface area contributed by atoms with E-state index in [-0.39, 0.29) is 5.82 Å². The van der Waals surface area contributed by atoms with Crippen LogP contribution >= 0.6 is 28.1 Å². The van der Waals surface area contributed by atoms with E-state index in [1.165, 1.54) is 6.07 Å². The Morgan fingerprint density at radius 3 is 2.71 bits per heavy atom. The molecule has 2 aromatic carbocycles. The SMILES string of the molecule is NC(=S)c1ccc2ccn(Cc3ccc(F)c(Br)c3)c2c1. The second-order valence-electron chi connectivity index (χ2n) is 4.83. The van der Waals surface area contributed by atoms with Crippen LogP contribution in [0.3, 0.4) is 0 Å². The lowest BCUT2D eigenvalue weighted by molar-refractivity contribution is 0.619. The summed E-state index contributed by atoms with van der Waals surface area (Å²) in [7, 11) is 0. The maximum absolute atomic E-state index is 13.3. The fourth-order valence-electron chi connectivity index (χ4n) is 2.31. The van der Waals surface area contributed by atoms with Gasteiger partial charge in [-0.15, -0.1) is 0 Å². The molecule has 3 aromatic rings. The molecule has 3 rings (SSSR count). The van der Waals surface area contributed by atoms with Crippen molar-refractivity contribution in [2.24, 2.45) is 5.73 Å². The van der Waals surface area contributed by atoms with Crippen LogP contribution in [0.25, 0.3) is 10.9 Å². The third-order valence-corrected chi connectivity index (χ3v) is 4.24. The van der Waals surface area contributed by atoms with Gasteiger partial charge in [0.1, 0.15) is 10.8 Å². The van der Waals surface area contributed by atoms with E-state index in [1.807, 2.05) is 30.5 Å². The number of hydrogen-bond donors (Lipinski definition) is 1. The van der Waals surface area contributed by atoms with Crippen molar-refractivity contribution in [2.45, 2.75) is 6.54 Å². The zero-order valence-corrected chi connectivity index (χ0v) is 13.4. The monoisotopic (exact) mass is 362 g/mol. The van der Waals surface area contributed by atoms with E-state index in [2.05, 4.69) is 20.5 Å². The minimum atomic E-state index is -0.258. The third kappa shape index (κ3) is 2.84. The van der Waals surface area contributed by atoms with Gasteiger partial charge in [0.05, 0.1) is 4.47 Å². The van der Waals surface area contributed by atoms with Crippen LogP contribution in [0.15, 0.2) is 53.1 Å². The van der Waals surface area contributed by atoms with Crippen LogP contribution in [-0.2, 0) is 6.54 Å². The van der Waals surface area contributed by atoms with Gasteiger partial charge >= 0.3 is 0 Å². The average Bonchev–Trinajstić information content (AvgIpc) is 2.85. The van der Waals surface area contributed by atoms with Crippen LogP contribution in [0.1, 0.15) is 11.1 Å².